The van der Waals surface area contributed by atoms with Crippen LogP contribution in [-0.4, -0.2) is 87.6 Å². The van der Waals surface area contributed by atoms with Gasteiger partial charge in [-0.2, -0.15) is 0 Å². The molecule has 270 valence electrons. The Kier molecular flexibility index (Phi) is 12.4. The first-order chi connectivity index (χ1) is 23.0. The Labute approximate surface area is 292 Å². The Bertz CT molecular complexity index is 1700. The molecule has 0 bridgehead atoms. The highest BCUT2D eigenvalue weighted by Gasteiger charge is 2.29. The average molecular weight is 713 g/mol. The average Bonchev–Trinajstić information content (AvgIpc) is 2.99. The molecule has 0 amide bonds. The Morgan fingerprint density at radius 3 is 1.26 bits per heavy atom. The summed E-state index contributed by atoms with van der Waals surface area (Å²) in [5.74, 6) is -5.04. The van der Waals surface area contributed by atoms with Gasteiger partial charge in [0.15, 0.2) is 0 Å². The topological polar surface area (TPSA) is 186 Å². The molecule has 0 saturated heterocycles. The quantitative estimate of drug-likeness (QED) is 0.105. The number of carboxylic acid groups (broad SMARTS) is 4. The molecule has 3 aromatic carbocycles. The zero-order valence-electron chi connectivity index (χ0n) is 29.7. The highest BCUT2D eigenvalue weighted by Crippen LogP contribution is 2.45. The monoisotopic (exact) mass is 712 g/mol. The second kappa shape index (κ2) is 15.6. The van der Waals surface area contributed by atoms with E-state index in [1.807, 2.05) is 47.9 Å². The third-order valence-corrected chi connectivity index (χ3v) is 7.89. The van der Waals surface area contributed by atoms with E-state index < -0.39 is 48.8 Å². The molecule has 0 atom stereocenters. The molecule has 0 aromatic heterocycles. The largest absolute Gasteiger partial charge is 0.487 e. The normalized spacial score (nSPS) is 12.1. The number of hydrogen-bond acceptors (Lipinski definition) is 8. The SMILES string of the molecule is CP(C)OCC(C)(C)Oc1cc(-c2cc(C(=O)O)cc(C(=O)O)c2)c(OC(C)(C)CCOC(C)(C)C)cc1-c1cc(C(=O)O)cc(C(=O)O)c1. The lowest BCUT2D eigenvalue weighted by molar-refractivity contribution is -0.0292. The lowest BCUT2D eigenvalue weighted by Crippen LogP contribution is -2.34. The third-order valence-electron chi connectivity index (χ3n) is 7.24. The zero-order chi connectivity index (χ0) is 37.8. The first kappa shape index (κ1) is 39.9. The van der Waals surface area contributed by atoms with Crippen LogP contribution in [0.4, 0.5) is 0 Å². The summed E-state index contributed by atoms with van der Waals surface area (Å²) in [6.07, 6.45) is 0.409. The van der Waals surface area contributed by atoms with Gasteiger partial charge in [-0.05, 0) is 121 Å². The maximum absolute atomic E-state index is 12.1. The summed E-state index contributed by atoms with van der Waals surface area (Å²) in [6, 6.07) is 10.5. The minimum Gasteiger partial charge on any atom is -0.487 e. The van der Waals surface area contributed by atoms with Crippen LogP contribution in [0, 0.1) is 0 Å². The Morgan fingerprint density at radius 1 is 0.580 bits per heavy atom. The summed E-state index contributed by atoms with van der Waals surface area (Å²) >= 11 is 0. The zero-order valence-corrected chi connectivity index (χ0v) is 30.6. The van der Waals surface area contributed by atoms with E-state index in [1.54, 1.807) is 26.0 Å². The van der Waals surface area contributed by atoms with E-state index in [-0.39, 0.29) is 62.6 Å². The van der Waals surface area contributed by atoms with Gasteiger partial charge in [0.25, 0.3) is 0 Å². The summed E-state index contributed by atoms with van der Waals surface area (Å²) in [5, 5.41) is 39.4. The van der Waals surface area contributed by atoms with Gasteiger partial charge in [-0.3, -0.25) is 0 Å². The van der Waals surface area contributed by atoms with E-state index in [4.69, 9.17) is 18.7 Å². The van der Waals surface area contributed by atoms with Crippen molar-refractivity contribution in [2.75, 3.05) is 26.5 Å². The van der Waals surface area contributed by atoms with Crippen molar-refractivity contribution in [2.24, 2.45) is 0 Å². The predicted octanol–water partition coefficient (Wildman–Crippen LogP) is 8.01. The van der Waals surface area contributed by atoms with Crippen LogP contribution in [0.2, 0.25) is 0 Å². The fraction of sp³-hybridized carbons (Fsp3) is 0.405. The van der Waals surface area contributed by atoms with E-state index in [1.165, 1.54) is 24.3 Å². The van der Waals surface area contributed by atoms with Crippen molar-refractivity contribution >= 4 is 32.0 Å². The van der Waals surface area contributed by atoms with Crippen molar-refractivity contribution in [2.45, 2.75) is 71.7 Å². The van der Waals surface area contributed by atoms with Crippen LogP contribution in [0.1, 0.15) is 96.3 Å². The van der Waals surface area contributed by atoms with Gasteiger partial charge in [-0.15, -0.1) is 0 Å². The third kappa shape index (κ3) is 11.3. The van der Waals surface area contributed by atoms with Gasteiger partial charge >= 0.3 is 23.9 Å². The number of carboxylic acids is 4. The minimum atomic E-state index is -1.34. The van der Waals surface area contributed by atoms with Crippen molar-refractivity contribution in [1.82, 2.24) is 0 Å². The maximum atomic E-state index is 12.1. The second-order valence-electron chi connectivity index (χ2n) is 14.2. The van der Waals surface area contributed by atoms with Crippen LogP contribution in [0.3, 0.4) is 0 Å². The van der Waals surface area contributed by atoms with E-state index in [2.05, 4.69) is 0 Å². The van der Waals surface area contributed by atoms with E-state index in [0.29, 0.717) is 13.0 Å². The summed E-state index contributed by atoms with van der Waals surface area (Å²) < 4.78 is 24.9. The van der Waals surface area contributed by atoms with Crippen molar-refractivity contribution in [3.63, 3.8) is 0 Å². The number of rotatable bonds is 16. The maximum Gasteiger partial charge on any atom is 0.335 e. The molecular formula is C37H45O12P. The molecule has 0 fully saturated rings. The highest BCUT2D eigenvalue weighted by molar-refractivity contribution is 7.50. The molecule has 0 unspecified atom stereocenters. The van der Waals surface area contributed by atoms with Crippen molar-refractivity contribution in [3.8, 4) is 33.8 Å². The van der Waals surface area contributed by atoms with Gasteiger partial charge < -0.3 is 39.2 Å². The van der Waals surface area contributed by atoms with Crippen LogP contribution >= 0.6 is 8.15 Å². The number of hydrogen-bond donors (Lipinski definition) is 4. The Balaban J connectivity index is 2.43. The molecule has 50 heavy (non-hydrogen) atoms. The number of benzene rings is 3. The molecule has 0 radical (unpaired) electrons. The van der Waals surface area contributed by atoms with Gasteiger partial charge in [-0.25, -0.2) is 19.2 Å². The first-order valence-electron chi connectivity index (χ1n) is 15.7. The molecule has 0 aliphatic carbocycles. The molecule has 12 nitrogen and oxygen atoms in total. The van der Waals surface area contributed by atoms with Crippen LogP contribution < -0.4 is 9.47 Å². The molecule has 13 heteroatoms. The highest BCUT2D eigenvalue weighted by atomic mass is 31.1. The lowest BCUT2D eigenvalue weighted by Gasteiger charge is -2.32. The molecule has 0 aliphatic rings. The predicted molar refractivity (Wildman–Crippen MR) is 190 cm³/mol. The van der Waals surface area contributed by atoms with Gasteiger partial charge in [0.2, 0.25) is 0 Å². The molecule has 0 aliphatic heterocycles. The fourth-order valence-corrected chi connectivity index (χ4v) is 5.37. The standard InChI is InChI=1S/C37H45O12P/c1-35(2,3)46-11-10-36(4,5)48-29-18-28(22-14-25(33(42)43)17-26(15-22)34(44)45)30(49-37(6,7)20-47-50(8)9)19-27(29)21-12-23(31(38)39)16-24(13-21)32(40)41/h12-19H,10-11,20H2,1-9H3,(H,38,39)(H,40,41)(H,42,43)(H,44,45). The number of aromatic carboxylic acids is 4. The molecule has 0 saturated carbocycles. The number of carbonyl (C=O) groups is 4. The molecule has 0 spiro atoms. The van der Waals surface area contributed by atoms with E-state index in [0.717, 1.165) is 12.1 Å². The molecular weight excluding hydrogens is 667 g/mol. The van der Waals surface area contributed by atoms with Gasteiger partial charge in [0, 0.05) is 25.7 Å². The summed E-state index contributed by atoms with van der Waals surface area (Å²) in [5.41, 5.74) is -2.46. The van der Waals surface area contributed by atoms with Gasteiger partial charge in [0.05, 0.1) is 41.1 Å². The van der Waals surface area contributed by atoms with Gasteiger partial charge in [0.1, 0.15) is 22.7 Å². The van der Waals surface area contributed by atoms with Gasteiger partial charge in [-0.1, -0.05) is 0 Å². The van der Waals surface area contributed by atoms with Crippen molar-refractivity contribution in [1.29, 1.82) is 0 Å². The minimum absolute atomic E-state index is 0.155. The summed E-state index contributed by atoms with van der Waals surface area (Å²) in [6.45, 7) is 17.3. The summed E-state index contributed by atoms with van der Waals surface area (Å²) in [4.78, 5) is 48.4. The first-order valence-corrected chi connectivity index (χ1v) is 17.9. The second-order valence-corrected chi connectivity index (χ2v) is 16.1. The van der Waals surface area contributed by atoms with Crippen LogP contribution in [0.15, 0.2) is 48.5 Å². The van der Waals surface area contributed by atoms with E-state index >= 15 is 0 Å². The van der Waals surface area contributed by atoms with Crippen molar-refractivity contribution in [3.05, 3.63) is 70.8 Å². The van der Waals surface area contributed by atoms with Crippen LogP contribution in [0.25, 0.3) is 22.3 Å². The molecule has 4 N–H and O–H groups in total. The molecule has 3 aromatic rings. The van der Waals surface area contributed by atoms with Crippen LogP contribution in [-0.2, 0) is 9.26 Å². The smallest absolute Gasteiger partial charge is 0.335 e. The Morgan fingerprint density at radius 2 is 0.940 bits per heavy atom. The molecule has 3 rings (SSSR count). The Hall–Kier alpha value is -4.51. The van der Waals surface area contributed by atoms with Crippen molar-refractivity contribution < 1.29 is 58.3 Å². The van der Waals surface area contributed by atoms with Crippen LogP contribution in [0.5, 0.6) is 11.5 Å². The fourth-order valence-electron chi connectivity index (χ4n) is 4.80. The lowest BCUT2D eigenvalue weighted by atomic mass is 9.93. The summed E-state index contributed by atoms with van der Waals surface area (Å²) in [7, 11) is -0.762. The molecule has 0 heterocycles. The van der Waals surface area contributed by atoms with E-state index in [9.17, 15) is 39.6 Å². The number of ether oxygens (including phenoxy) is 3.